The van der Waals surface area contributed by atoms with Gasteiger partial charge in [0.1, 0.15) is 11.2 Å². The molecule has 0 bridgehead atoms. The first-order valence-corrected chi connectivity index (χ1v) is 7.28. The minimum Gasteiger partial charge on any atom is -0.443 e. The van der Waals surface area contributed by atoms with Gasteiger partial charge < -0.3 is 15.2 Å². The minimum absolute atomic E-state index is 0.128. The second kappa shape index (κ2) is 6.44. The Labute approximate surface area is 136 Å². The molecule has 0 saturated heterocycles. The average molecular weight is 323 g/mol. The van der Waals surface area contributed by atoms with Crippen molar-refractivity contribution in [1.82, 2.24) is 4.98 Å². The number of pyridine rings is 1. The number of ether oxygens (including phenoxy) is 2. The third-order valence-electron chi connectivity index (χ3n) is 2.44. The molecule has 0 aliphatic rings. The summed E-state index contributed by atoms with van der Waals surface area (Å²) in [7, 11) is 0. The molecular weight excluding hydrogens is 298 g/mol. The first-order valence-electron chi connectivity index (χ1n) is 7.28. The number of anilines is 2. The molecule has 1 heterocycles. The maximum absolute atomic E-state index is 12.5. The molecule has 0 fully saturated rings. The van der Waals surface area contributed by atoms with Gasteiger partial charge in [0.05, 0.1) is 11.9 Å². The van der Waals surface area contributed by atoms with Gasteiger partial charge in [-0.1, -0.05) is 0 Å². The van der Waals surface area contributed by atoms with Gasteiger partial charge in [-0.15, -0.1) is 0 Å². The summed E-state index contributed by atoms with van der Waals surface area (Å²) in [5.41, 5.74) is 5.13. The number of imide groups is 1. The molecule has 0 atom stereocenters. The Morgan fingerprint density at radius 3 is 1.83 bits per heavy atom. The number of hydrogen-bond acceptors (Lipinski definition) is 6. The summed E-state index contributed by atoms with van der Waals surface area (Å²) in [6.07, 6.45) is -0.344. The highest BCUT2D eigenvalue weighted by molar-refractivity contribution is 6.09. The van der Waals surface area contributed by atoms with Crippen LogP contribution in [-0.2, 0) is 9.47 Å². The van der Waals surface area contributed by atoms with E-state index in [2.05, 4.69) is 4.98 Å². The molecular formula is C16H25N3O4. The van der Waals surface area contributed by atoms with Gasteiger partial charge in [0.15, 0.2) is 5.82 Å². The highest BCUT2D eigenvalue weighted by Crippen LogP contribution is 2.24. The fraction of sp³-hybridized carbons (Fsp3) is 0.562. The van der Waals surface area contributed by atoms with Gasteiger partial charge in [-0.2, -0.15) is 4.90 Å². The predicted octanol–water partition coefficient (Wildman–Crippen LogP) is 3.65. The summed E-state index contributed by atoms with van der Waals surface area (Å²) in [6, 6.07) is 1.62. The van der Waals surface area contributed by atoms with E-state index in [1.165, 1.54) is 6.20 Å². The van der Waals surface area contributed by atoms with Crippen LogP contribution in [0.25, 0.3) is 0 Å². The van der Waals surface area contributed by atoms with E-state index in [9.17, 15) is 9.59 Å². The van der Waals surface area contributed by atoms with Crippen molar-refractivity contribution in [3.63, 3.8) is 0 Å². The first kappa shape index (κ1) is 18.7. The van der Waals surface area contributed by atoms with Crippen LogP contribution in [0.5, 0.6) is 0 Å². The summed E-state index contributed by atoms with van der Waals surface area (Å²) < 4.78 is 10.6. The molecule has 0 aliphatic carbocycles. The van der Waals surface area contributed by atoms with Crippen molar-refractivity contribution in [2.45, 2.75) is 59.7 Å². The van der Waals surface area contributed by atoms with Gasteiger partial charge in [0.2, 0.25) is 0 Å². The van der Waals surface area contributed by atoms with E-state index >= 15 is 0 Å². The number of rotatable bonds is 1. The van der Waals surface area contributed by atoms with Crippen LogP contribution in [0.4, 0.5) is 21.1 Å². The second-order valence-corrected chi connectivity index (χ2v) is 7.21. The molecule has 7 heteroatoms. The van der Waals surface area contributed by atoms with E-state index in [1.54, 1.807) is 54.5 Å². The highest BCUT2D eigenvalue weighted by Gasteiger charge is 2.34. The number of aromatic nitrogens is 1. The lowest BCUT2D eigenvalue weighted by Crippen LogP contribution is -2.44. The van der Waals surface area contributed by atoms with Gasteiger partial charge in [0.25, 0.3) is 0 Å². The Morgan fingerprint density at radius 1 is 1.04 bits per heavy atom. The topological polar surface area (TPSA) is 94.8 Å². The predicted molar refractivity (Wildman–Crippen MR) is 88.3 cm³/mol. The first-order chi connectivity index (χ1) is 10.3. The zero-order valence-corrected chi connectivity index (χ0v) is 14.8. The fourth-order valence-corrected chi connectivity index (χ4v) is 1.69. The van der Waals surface area contributed by atoms with Crippen molar-refractivity contribution < 1.29 is 19.1 Å². The number of nitrogen functional groups attached to an aromatic ring is 1. The fourth-order valence-electron chi connectivity index (χ4n) is 1.69. The number of nitrogens with zero attached hydrogens (tertiary/aromatic N) is 2. The van der Waals surface area contributed by atoms with Crippen molar-refractivity contribution in [1.29, 1.82) is 0 Å². The molecule has 0 radical (unpaired) electrons. The molecule has 0 aromatic carbocycles. The third kappa shape index (κ3) is 5.77. The number of amides is 2. The van der Waals surface area contributed by atoms with Crippen molar-refractivity contribution in [2.75, 3.05) is 10.6 Å². The number of carbonyl (C=O) groups is 2. The Hall–Kier alpha value is -2.31. The van der Waals surface area contributed by atoms with Crippen LogP contribution in [0, 0.1) is 6.92 Å². The van der Waals surface area contributed by atoms with E-state index in [1.807, 2.05) is 0 Å². The van der Waals surface area contributed by atoms with Gasteiger partial charge in [-0.25, -0.2) is 14.6 Å². The van der Waals surface area contributed by atoms with E-state index in [-0.39, 0.29) is 5.82 Å². The molecule has 0 spiro atoms. The van der Waals surface area contributed by atoms with Gasteiger partial charge in [0, 0.05) is 0 Å². The quantitative estimate of drug-likeness (QED) is 0.847. The monoisotopic (exact) mass is 323 g/mol. The summed E-state index contributed by atoms with van der Waals surface area (Å²) in [6.45, 7) is 12.0. The maximum Gasteiger partial charge on any atom is 0.425 e. The smallest absolute Gasteiger partial charge is 0.425 e. The van der Waals surface area contributed by atoms with Crippen molar-refractivity contribution in [3.8, 4) is 0 Å². The van der Waals surface area contributed by atoms with Crippen LogP contribution in [0.2, 0.25) is 0 Å². The molecule has 128 valence electrons. The highest BCUT2D eigenvalue weighted by atomic mass is 16.6. The molecule has 1 aromatic heterocycles. The number of nitrogens with two attached hydrogens (primary N) is 1. The normalized spacial score (nSPS) is 11.8. The maximum atomic E-state index is 12.5. The molecule has 23 heavy (non-hydrogen) atoms. The average Bonchev–Trinajstić information content (AvgIpc) is 2.27. The Balaban J connectivity index is 3.25. The minimum atomic E-state index is -0.855. The summed E-state index contributed by atoms with van der Waals surface area (Å²) in [4.78, 5) is 29.8. The van der Waals surface area contributed by atoms with Crippen LogP contribution < -0.4 is 10.6 Å². The van der Waals surface area contributed by atoms with E-state index in [4.69, 9.17) is 15.2 Å². The van der Waals surface area contributed by atoms with Crippen LogP contribution in [0.3, 0.4) is 0 Å². The zero-order chi connectivity index (χ0) is 18.0. The van der Waals surface area contributed by atoms with E-state index in [0.29, 0.717) is 11.3 Å². The van der Waals surface area contributed by atoms with Crippen LogP contribution in [0.1, 0.15) is 47.1 Å². The number of carbonyl (C=O) groups excluding carboxylic acids is 2. The standard InChI is InChI=1S/C16H25N3O4/c1-10-8-11(17)9-18-12(10)19(13(20)22-15(2,3)4)14(21)23-16(5,6)7/h8-9H,17H2,1-7H3. The van der Waals surface area contributed by atoms with Gasteiger partial charge in [-0.3, -0.25) is 0 Å². The van der Waals surface area contributed by atoms with Crippen LogP contribution >= 0.6 is 0 Å². The van der Waals surface area contributed by atoms with Crippen LogP contribution in [0.15, 0.2) is 12.3 Å². The Morgan fingerprint density at radius 2 is 1.48 bits per heavy atom. The summed E-state index contributed by atoms with van der Waals surface area (Å²) in [5, 5.41) is 0. The Bertz CT molecular complexity index is 572. The van der Waals surface area contributed by atoms with E-state index in [0.717, 1.165) is 4.90 Å². The van der Waals surface area contributed by atoms with Crippen LogP contribution in [-0.4, -0.2) is 28.4 Å². The lowest BCUT2D eigenvalue weighted by Gasteiger charge is -2.28. The largest absolute Gasteiger partial charge is 0.443 e. The molecule has 1 rings (SSSR count). The van der Waals surface area contributed by atoms with Gasteiger partial charge >= 0.3 is 12.2 Å². The molecule has 7 nitrogen and oxygen atoms in total. The zero-order valence-electron chi connectivity index (χ0n) is 14.8. The molecule has 2 amide bonds. The SMILES string of the molecule is Cc1cc(N)cnc1N(C(=O)OC(C)(C)C)C(=O)OC(C)(C)C. The number of hydrogen-bond donors (Lipinski definition) is 1. The lowest BCUT2D eigenvalue weighted by molar-refractivity contribution is 0.0428. The van der Waals surface area contributed by atoms with Crippen molar-refractivity contribution in [3.05, 3.63) is 17.8 Å². The summed E-state index contributed by atoms with van der Waals surface area (Å²) in [5.74, 6) is 0.128. The molecule has 0 unspecified atom stereocenters. The van der Waals surface area contributed by atoms with Gasteiger partial charge in [-0.05, 0) is 60.1 Å². The molecule has 2 N–H and O–H groups in total. The third-order valence-corrected chi connectivity index (χ3v) is 2.44. The van der Waals surface area contributed by atoms with Crippen molar-refractivity contribution in [2.24, 2.45) is 0 Å². The summed E-state index contributed by atoms with van der Waals surface area (Å²) >= 11 is 0. The molecule has 0 aliphatic heterocycles. The van der Waals surface area contributed by atoms with E-state index < -0.39 is 23.4 Å². The number of aryl methyl sites for hydroxylation is 1. The molecule has 0 saturated carbocycles. The molecule has 1 aromatic rings. The lowest BCUT2D eigenvalue weighted by atomic mass is 10.2. The van der Waals surface area contributed by atoms with Crippen molar-refractivity contribution >= 4 is 23.7 Å². The Kier molecular flexibility index (Phi) is 5.24. The second-order valence-electron chi connectivity index (χ2n) is 7.21.